The Morgan fingerprint density at radius 2 is 2.05 bits per heavy atom. The van der Waals surface area contributed by atoms with Crippen molar-refractivity contribution in [2.75, 3.05) is 13.7 Å². The second kappa shape index (κ2) is 7.85. The van der Waals surface area contributed by atoms with Crippen LogP contribution in [0.2, 0.25) is 0 Å². The Hall–Kier alpha value is -2.00. The van der Waals surface area contributed by atoms with Gasteiger partial charge in [0.05, 0.1) is 18.4 Å². The number of methoxy groups -OCH3 is 1. The van der Waals surface area contributed by atoms with Gasteiger partial charge >= 0.3 is 11.9 Å². The maximum Gasteiger partial charge on any atom is 0.310 e. The Morgan fingerprint density at radius 1 is 1.36 bits per heavy atom. The molecule has 0 unspecified atom stereocenters. The molecule has 0 fully saturated rings. The molecule has 1 aromatic rings. The molecule has 0 radical (unpaired) electrons. The minimum Gasteiger partial charge on any atom is -0.481 e. The maximum absolute atomic E-state index is 13.8. The van der Waals surface area contributed by atoms with E-state index in [9.17, 15) is 22.4 Å². The number of carboxylic acids is 1. The molecule has 0 amide bonds. The molecule has 1 rings (SSSR count). The summed E-state index contributed by atoms with van der Waals surface area (Å²) in [4.78, 5) is 21.1. The van der Waals surface area contributed by atoms with Crippen molar-refractivity contribution in [2.45, 2.75) is 24.2 Å². The van der Waals surface area contributed by atoms with Crippen LogP contribution in [0.3, 0.4) is 0 Å². The third-order valence-corrected chi connectivity index (χ3v) is 4.22. The normalized spacial score (nSPS) is 11.2. The van der Waals surface area contributed by atoms with Gasteiger partial charge in [-0.05, 0) is 24.1 Å². The van der Waals surface area contributed by atoms with Gasteiger partial charge in [-0.1, -0.05) is 6.07 Å². The van der Waals surface area contributed by atoms with Crippen LogP contribution in [0, 0.1) is 5.82 Å². The average Bonchev–Trinajstić information content (AvgIpc) is 2.45. The maximum atomic E-state index is 13.8. The lowest BCUT2D eigenvalue weighted by Crippen LogP contribution is -2.25. The Morgan fingerprint density at radius 3 is 2.59 bits per heavy atom. The van der Waals surface area contributed by atoms with Crippen LogP contribution in [0.5, 0.6) is 0 Å². The van der Waals surface area contributed by atoms with Gasteiger partial charge in [-0.15, -0.1) is 0 Å². The molecule has 0 aromatic heterocycles. The lowest BCUT2D eigenvalue weighted by Gasteiger charge is -2.08. The zero-order valence-corrected chi connectivity index (χ0v) is 12.7. The van der Waals surface area contributed by atoms with E-state index in [0.29, 0.717) is 0 Å². The number of hydrogen-bond acceptors (Lipinski definition) is 5. The summed E-state index contributed by atoms with van der Waals surface area (Å²) < 4.78 is 44.2. The smallest absolute Gasteiger partial charge is 0.310 e. The van der Waals surface area contributed by atoms with Crippen molar-refractivity contribution in [1.29, 1.82) is 0 Å². The standard InChI is InChI=1S/C13H16FNO6S/c1-21-13(18)7-9-4-5-10(8-11(9)14)22(19,20)15-6-2-3-12(16)17/h4-5,8,15H,2-3,6-7H2,1H3,(H,16,17). The van der Waals surface area contributed by atoms with Gasteiger partial charge in [0, 0.05) is 13.0 Å². The Labute approximate surface area is 127 Å². The summed E-state index contributed by atoms with van der Waals surface area (Å²) in [6.07, 6.45) is -0.346. The highest BCUT2D eigenvalue weighted by molar-refractivity contribution is 7.89. The largest absolute Gasteiger partial charge is 0.481 e. The van der Waals surface area contributed by atoms with Crippen molar-refractivity contribution >= 4 is 22.0 Å². The summed E-state index contributed by atoms with van der Waals surface area (Å²) in [5, 5.41) is 8.45. The van der Waals surface area contributed by atoms with E-state index >= 15 is 0 Å². The first kappa shape index (κ1) is 18.1. The van der Waals surface area contributed by atoms with E-state index in [1.807, 2.05) is 0 Å². The van der Waals surface area contributed by atoms with Gasteiger partial charge in [0.25, 0.3) is 0 Å². The molecule has 122 valence electrons. The van der Waals surface area contributed by atoms with Crippen molar-refractivity contribution in [3.05, 3.63) is 29.6 Å². The molecule has 0 spiro atoms. The molecule has 0 aliphatic heterocycles. The zero-order chi connectivity index (χ0) is 16.8. The number of aliphatic carboxylic acids is 1. The third kappa shape index (κ3) is 5.41. The summed E-state index contributed by atoms with van der Waals surface area (Å²) in [6, 6.07) is 3.16. The van der Waals surface area contributed by atoms with E-state index in [1.54, 1.807) is 0 Å². The first-order chi connectivity index (χ1) is 10.3. The summed E-state index contributed by atoms with van der Waals surface area (Å²) in [5.74, 6) is -2.50. The fraction of sp³-hybridized carbons (Fsp3) is 0.385. The van der Waals surface area contributed by atoms with Gasteiger partial charge < -0.3 is 9.84 Å². The van der Waals surface area contributed by atoms with Crippen LogP contribution in [0.1, 0.15) is 18.4 Å². The number of hydrogen-bond donors (Lipinski definition) is 2. The van der Waals surface area contributed by atoms with Crippen molar-refractivity contribution in [3.63, 3.8) is 0 Å². The van der Waals surface area contributed by atoms with Crippen LogP contribution in [0.15, 0.2) is 23.1 Å². The number of carboxylic acid groups (broad SMARTS) is 1. The van der Waals surface area contributed by atoms with E-state index < -0.39 is 27.8 Å². The molecule has 0 heterocycles. The first-order valence-corrected chi connectivity index (χ1v) is 7.81. The molecule has 0 bridgehead atoms. The number of carbonyl (C=O) groups is 2. The number of carbonyl (C=O) groups excluding carboxylic acids is 1. The summed E-state index contributed by atoms with van der Waals surface area (Å²) in [5.41, 5.74) is 0.0247. The quantitative estimate of drug-likeness (QED) is 0.535. The lowest BCUT2D eigenvalue weighted by atomic mass is 10.1. The number of ether oxygens (including phenoxy) is 1. The van der Waals surface area contributed by atoms with E-state index in [2.05, 4.69) is 9.46 Å². The number of sulfonamides is 1. The average molecular weight is 333 g/mol. The number of benzene rings is 1. The van der Waals surface area contributed by atoms with Crippen molar-refractivity contribution in [2.24, 2.45) is 0 Å². The number of nitrogens with one attached hydrogen (secondary N) is 1. The van der Waals surface area contributed by atoms with Gasteiger partial charge in [-0.25, -0.2) is 17.5 Å². The first-order valence-electron chi connectivity index (χ1n) is 6.33. The van der Waals surface area contributed by atoms with Crippen LogP contribution >= 0.6 is 0 Å². The fourth-order valence-corrected chi connectivity index (χ4v) is 2.68. The van der Waals surface area contributed by atoms with Crippen LogP contribution in [-0.4, -0.2) is 39.1 Å². The second-order valence-electron chi connectivity index (χ2n) is 4.40. The number of esters is 1. The highest BCUT2D eigenvalue weighted by Crippen LogP contribution is 2.15. The van der Waals surface area contributed by atoms with Crippen LogP contribution in [-0.2, 0) is 30.8 Å². The van der Waals surface area contributed by atoms with Gasteiger partial charge in [0.1, 0.15) is 5.82 Å². The SMILES string of the molecule is COC(=O)Cc1ccc(S(=O)(=O)NCCCC(=O)O)cc1F. The molecule has 1 aromatic carbocycles. The predicted octanol–water partition coefficient (Wildman–Crippen LogP) is 0.684. The van der Waals surface area contributed by atoms with Crippen LogP contribution < -0.4 is 4.72 Å². The van der Waals surface area contributed by atoms with Gasteiger partial charge in [0.2, 0.25) is 10.0 Å². The minimum absolute atomic E-state index is 0.0247. The van der Waals surface area contributed by atoms with Gasteiger partial charge in [0.15, 0.2) is 0 Å². The molecule has 0 saturated carbocycles. The van der Waals surface area contributed by atoms with Crippen LogP contribution in [0.25, 0.3) is 0 Å². The topological polar surface area (TPSA) is 110 Å². The third-order valence-electron chi connectivity index (χ3n) is 2.76. The van der Waals surface area contributed by atoms with E-state index in [1.165, 1.54) is 19.2 Å². The highest BCUT2D eigenvalue weighted by Gasteiger charge is 2.17. The summed E-state index contributed by atoms with van der Waals surface area (Å²) >= 11 is 0. The van der Waals surface area contributed by atoms with Crippen molar-refractivity contribution in [3.8, 4) is 0 Å². The predicted molar refractivity (Wildman–Crippen MR) is 74.2 cm³/mol. The van der Waals surface area contributed by atoms with Gasteiger partial charge in [-0.3, -0.25) is 9.59 Å². The van der Waals surface area contributed by atoms with Crippen molar-refractivity contribution < 1.29 is 32.2 Å². The monoisotopic (exact) mass is 333 g/mol. The molecular weight excluding hydrogens is 317 g/mol. The number of rotatable bonds is 8. The molecule has 0 aliphatic carbocycles. The highest BCUT2D eigenvalue weighted by atomic mass is 32.2. The molecule has 9 heteroatoms. The molecule has 22 heavy (non-hydrogen) atoms. The number of halogens is 1. The van der Waals surface area contributed by atoms with Crippen LogP contribution in [0.4, 0.5) is 4.39 Å². The van der Waals surface area contributed by atoms with Gasteiger partial charge in [-0.2, -0.15) is 0 Å². The fourth-order valence-electron chi connectivity index (χ4n) is 1.60. The molecular formula is C13H16FNO6S. The summed E-state index contributed by atoms with van der Waals surface area (Å²) in [6.45, 7) is -0.0693. The molecule has 2 N–H and O–H groups in total. The molecule has 7 nitrogen and oxygen atoms in total. The molecule has 0 saturated heterocycles. The van der Waals surface area contributed by atoms with E-state index in [-0.39, 0.29) is 36.3 Å². The lowest BCUT2D eigenvalue weighted by molar-refractivity contribution is -0.140. The Kier molecular flexibility index (Phi) is 6.44. The Bertz CT molecular complexity index is 658. The Balaban J connectivity index is 2.77. The molecule has 0 atom stereocenters. The zero-order valence-electron chi connectivity index (χ0n) is 11.8. The second-order valence-corrected chi connectivity index (χ2v) is 6.17. The summed E-state index contributed by atoms with van der Waals surface area (Å²) in [7, 11) is -2.76. The van der Waals surface area contributed by atoms with E-state index in [0.717, 1.165) is 6.07 Å². The van der Waals surface area contributed by atoms with E-state index in [4.69, 9.17) is 5.11 Å². The molecule has 0 aliphatic rings. The minimum atomic E-state index is -3.93. The van der Waals surface area contributed by atoms with Crippen molar-refractivity contribution in [1.82, 2.24) is 4.72 Å².